The molecule has 1 atom stereocenters. The highest BCUT2D eigenvalue weighted by atomic mass is 35.5. The number of ketones is 1. The molecule has 1 aliphatic rings. The Morgan fingerprint density at radius 1 is 1.10 bits per heavy atom. The SMILES string of the molecule is COCCN1C(=O)C(=O)C(=C(O)c2ccc(OC)c(C)c2)C1c1ccc(Cl)c(Cl)c1. The smallest absolute Gasteiger partial charge is 0.295 e. The number of aliphatic hydroxyl groups excluding tert-OH is 1. The van der Waals surface area contributed by atoms with Crippen LogP contribution in [-0.2, 0) is 14.3 Å². The van der Waals surface area contributed by atoms with Crippen LogP contribution in [0.4, 0.5) is 0 Å². The Hall–Kier alpha value is -2.54. The maximum atomic E-state index is 12.9. The van der Waals surface area contributed by atoms with Crippen LogP contribution in [0.2, 0.25) is 10.0 Å². The molecule has 1 N–H and O–H groups in total. The minimum atomic E-state index is -0.822. The lowest BCUT2D eigenvalue weighted by Gasteiger charge is -2.25. The summed E-state index contributed by atoms with van der Waals surface area (Å²) in [5.41, 5.74) is 1.73. The summed E-state index contributed by atoms with van der Waals surface area (Å²) in [5.74, 6) is -1.11. The van der Waals surface area contributed by atoms with Crippen LogP contribution in [0.3, 0.4) is 0 Å². The third-order valence-electron chi connectivity index (χ3n) is 5.00. The monoisotopic (exact) mass is 449 g/mol. The minimum absolute atomic E-state index is 0.0148. The Labute approximate surface area is 184 Å². The molecular weight excluding hydrogens is 429 g/mol. The fraction of sp³-hybridized carbons (Fsp3) is 0.273. The van der Waals surface area contributed by atoms with Crippen LogP contribution in [-0.4, -0.2) is 49.1 Å². The number of nitrogens with zero attached hydrogens (tertiary/aromatic N) is 1. The molecule has 6 nitrogen and oxygen atoms in total. The third-order valence-corrected chi connectivity index (χ3v) is 5.74. The second-order valence-electron chi connectivity index (χ2n) is 6.84. The molecule has 0 saturated carbocycles. The van der Waals surface area contributed by atoms with Gasteiger partial charge in [0.05, 0.1) is 35.4 Å². The molecule has 2 aromatic carbocycles. The topological polar surface area (TPSA) is 76.1 Å². The first-order chi connectivity index (χ1) is 14.3. The highest BCUT2D eigenvalue weighted by Gasteiger charge is 2.46. The van der Waals surface area contributed by atoms with Gasteiger partial charge in [-0.05, 0) is 48.4 Å². The fourth-order valence-electron chi connectivity index (χ4n) is 3.51. The first-order valence-corrected chi connectivity index (χ1v) is 9.93. The molecule has 30 heavy (non-hydrogen) atoms. The van der Waals surface area contributed by atoms with Gasteiger partial charge in [-0.25, -0.2) is 0 Å². The zero-order valence-corrected chi connectivity index (χ0v) is 18.3. The molecule has 1 heterocycles. The van der Waals surface area contributed by atoms with Crippen molar-refractivity contribution in [1.29, 1.82) is 0 Å². The summed E-state index contributed by atoms with van der Waals surface area (Å²) in [4.78, 5) is 27.0. The van der Waals surface area contributed by atoms with E-state index >= 15 is 0 Å². The summed E-state index contributed by atoms with van der Waals surface area (Å²) in [6.45, 7) is 2.22. The number of carbonyl (C=O) groups excluding carboxylic acids is 2. The predicted octanol–water partition coefficient (Wildman–Crippen LogP) is 4.38. The van der Waals surface area contributed by atoms with Crippen molar-refractivity contribution < 1.29 is 24.2 Å². The Bertz CT molecular complexity index is 1030. The number of carbonyl (C=O) groups is 2. The molecule has 0 spiro atoms. The maximum Gasteiger partial charge on any atom is 0.295 e. The van der Waals surface area contributed by atoms with Gasteiger partial charge in [0.2, 0.25) is 0 Å². The average molecular weight is 450 g/mol. The molecule has 1 saturated heterocycles. The summed E-state index contributed by atoms with van der Waals surface area (Å²) in [6.07, 6.45) is 0. The molecule has 3 rings (SSSR count). The second-order valence-corrected chi connectivity index (χ2v) is 7.66. The van der Waals surface area contributed by atoms with Crippen LogP contribution in [0.25, 0.3) is 5.76 Å². The Morgan fingerprint density at radius 2 is 1.83 bits per heavy atom. The molecule has 0 bridgehead atoms. The van der Waals surface area contributed by atoms with Gasteiger partial charge in [0.15, 0.2) is 0 Å². The third kappa shape index (κ3) is 4.03. The van der Waals surface area contributed by atoms with Crippen molar-refractivity contribution in [3.63, 3.8) is 0 Å². The Balaban J connectivity index is 2.19. The van der Waals surface area contributed by atoms with Gasteiger partial charge >= 0.3 is 0 Å². The minimum Gasteiger partial charge on any atom is -0.507 e. The lowest BCUT2D eigenvalue weighted by atomic mass is 9.95. The van der Waals surface area contributed by atoms with Gasteiger partial charge in [-0.15, -0.1) is 0 Å². The number of halogens is 2. The fourth-order valence-corrected chi connectivity index (χ4v) is 3.82. The molecule has 8 heteroatoms. The van der Waals surface area contributed by atoms with Crippen LogP contribution in [0.15, 0.2) is 42.0 Å². The number of Topliss-reactive ketones (excluding diaryl/α,β-unsaturated/α-hetero) is 1. The van der Waals surface area contributed by atoms with Crippen molar-refractivity contribution in [1.82, 2.24) is 4.90 Å². The number of hydrogen-bond donors (Lipinski definition) is 1. The van der Waals surface area contributed by atoms with Gasteiger partial charge in [0.1, 0.15) is 11.5 Å². The summed E-state index contributed by atoms with van der Waals surface area (Å²) in [7, 11) is 3.05. The van der Waals surface area contributed by atoms with E-state index in [1.54, 1.807) is 43.5 Å². The molecule has 1 unspecified atom stereocenters. The Kier molecular flexibility index (Phi) is 6.71. The van der Waals surface area contributed by atoms with Gasteiger partial charge in [0.25, 0.3) is 11.7 Å². The lowest BCUT2D eigenvalue weighted by molar-refractivity contribution is -0.140. The van der Waals surface area contributed by atoms with Gasteiger partial charge < -0.3 is 19.5 Å². The number of ether oxygens (including phenoxy) is 2. The number of likely N-dealkylation sites (tertiary alicyclic amines) is 1. The van der Waals surface area contributed by atoms with Crippen LogP contribution in [0, 0.1) is 6.92 Å². The quantitative estimate of drug-likeness (QED) is 0.402. The first-order valence-electron chi connectivity index (χ1n) is 9.17. The van der Waals surface area contributed by atoms with Crippen molar-refractivity contribution >= 4 is 40.7 Å². The van der Waals surface area contributed by atoms with Crippen molar-refractivity contribution in [2.24, 2.45) is 0 Å². The largest absolute Gasteiger partial charge is 0.507 e. The first kappa shape index (κ1) is 22.2. The Morgan fingerprint density at radius 3 is 2.43 bits per heavy atom. The van der Waals surface area contributed by atoms with Gasteiger partial charge in [-0.2, -0.15) is 0 Å². The van der Waals surface area contributed by atoms with E-state index in [0.29, 0.717) is 21.9 Å². The van der Waals surface area contributed by atoms with Crippen LogP contribution < -0.4 is 4.74 Å². The standard InChI is InChI=1S/C22H21Cl2NO5/c1-12-10-14(5-7-17(12)30-3)20(26)18-19(13-4-6-15(23)16(24)11-13)25(8-9-29-2)22(28)21(18)27/h4-7,10-11,19,26H,8-9H2,1-3H3. The van der Waals surface area contributed by atoms with E-state index in [0.717, 1.165) is 5.56 Å². The summed E-state index contributed by atoms with van der Waals surface area (Å²) < 4.78 is 10.3. The average Bonchev–Trinajstić information content (AvgIpc) is 2.98. The van der Waals surface area contributed by atoms with Crippen LogP contribution in [0.5, 0.6) is 5.75 Å². The van der Waals surface area contributed by atoms with E-state index in [9.17, 15) is 14.7 Å². The summed E-state index contributed by atoms with van der Waals surface area (Å²) in [6, 6.07) is 9.06. The number of benzene rings is 2. The zero-order chi connectivity index (χ0) is 22.0. The van der Waals surface area contributed by atoms with Gasteiger partial charge in [-0.3, -0.25) is 9.59 Å². The number of hydrogen-bond acceptors (Lipinski definition) is 5. The van der Waals surface area contributed by atoms with Crippen LogP contribution in [0.1, 0.15) is 22.7 Å². The number of amides is 1. The van der Waals surface area contributed by atoms with E-state index in [2.05, 4.69) is 0 Å². The molecule has 158 valence electrons. The molecule has 2 aromatic rings. The lowest BCUT2D eigenvalue weighted by Crippen LogP contribution is -2.32. The normalized spacial score (nSPS) is 18.2. The summed E-state index contributed by atoms with van der Waals surface area (Å²) in [5, 5.41) is 11.7. The molecule has 0 aliphatic carbocycles. The molecule has 0 aromatic heterocycles. The van der Waals surface area contributed by atoms with E-state index < -0.39 is 17.7 Å². The molecule has 1 aliphatic heterocycles. The van der Waals surface area contributed by atoms with Gasteiger partial charge in [-0.1, -0.05) is 29.3 Å². The number of methoxy groups -OCH3 is 2. The summed E-state index contributed by atoms with van der Waals surface area (Å²) >= 11 is 12.2. The maximum absolute atomic E-state index is 12.9. The van der Waals surface area contributed by atoms with Crippen molar-refractivity contribution in [2.75, 3.05) is 27.4 Å². The van der Waals surface area contributed by atoms with Crippen LogP contribution >= 0.6 is 23.2 Å². The molecule has 0 radical (unpaired) electrons. The molecule has 1 fully saturated rings. The van der Waals surface area contributed by atoms with E-state index in [1.807, 2.05) is 6.92 Å². The highest BCUT2D eigenvalue weighted by molar-refractivity contribution is 6.46. The van der Waals surface area contributed by atoms with Gasteiger partial charge in [0, 0.05) is 19.2 Å². The van der Waals surface area contributed by atoms with Crippen molar-refractivity contribution in [3.8, 4) is 5.75 Å². The second kappa shape index (κ2) is 9.08. The van der Waals surface area contributed by atoms with Crippen molar-refractivity contribution in [3.05, 3.63) is 68.7 Å². The zero-order valence-electron chi connectivity index (χ0n) is 16.7. The van der Waals surface area contributed by atoms with Crippen molar-refractivity contribution in [2.45, 2.75) is 13.0 Å². The van der Waals surface area contributed by atoms with E-state index in [4.69, 9.17) is 32.7 Å². The van der Waals surface area contributed by atoms with E-state index in [1.165, 1.54) is 12.0 Å². The number of aliphatic hydroxyl groups is 1. The van der Waals surface area contributed by atoms with E-state index in [-0.39, 0.29) is 29.5 Å². The predicted molar refractivity (Wildman–Crippen MR) is 115 cm³/mol. The number of rotatable bonds is 6. The molecule has 1 amide bonds. The highest BCUT2D eigenvalue weighted by Crippen LogP contribution is 2.41. The molecular formula is C22H21Cl2NO5. The number of aryl methyl sites for hydroxylation is 1.